The first-order chi connectivity index (χ1) is 19.7. The topological polar surface area (TPSA) is 97.0 Å². The van der Waals surface area contributed by atoms with E-state index in [1.165, 1.54) is 6.07 Å². The highest BCUT2D eigenvalue weighted by Gasteiger charge is 2.70. The van der Waals surface area contributed by atoms with Gasteiger partial charge in [-0.05, 0) is 41.8 Å². The first kappa shape index (κ1) is 30.5. The number of morpholine rings is 1. The van der Waals surface area contributed by atoms with Crippen LogP contribution >= 0.6 is 11.6 Å². The summed E-state index contributed by atoms with van der Waals surface area (Å²) in [5.74, 6) is -0.206. The van der Waals surface area contributed by atoms with Gasteiger partial charge in [0.2, 0.25) is 5.91 Å². The van der Waals surface area contributed by atoms with Gasteiger partial charge in [0.1, 0.15) is 36.7 Å². The molecule has 2 amide bonds. The van der Waals surface area contributed by atoms with E-state index in [4.69, 9.17) is 21.1 Å². The SMILES string of the molecule is C[N+]1(C)[C@@H]2C[C@@H](OC(=O)Nc3cc(CCC(=O)Nc4ccc(C=O)cc4Cl)ccc3-c3ccccc3)C[C@H]1[C@@H]1O[C@@H]12.[I-]. The van der Waals surface area contributed by atoms with Crippen LogP contribution in [-0.2, 0) is 20.7 Å². The summed E-state index contributed by atoms with van der Waals surface area (Å²) in [6.45, 7) is 0. The predicted octanol–water partition coefficient (Wildman–Crippen LogP) is 2.70. The lowest BCUT2D eigenvalue weighted by Crippen LogP contribution is -3.00. The molecule has 3 fully saturated rings. The van der Waals surface area contributed by atoms with E-state index in [-0.39, 0.29) is 54.6 Å². The van der Waals surface area contributed by atoms with Crippen molar-refractivity contribution in [3.05, 3.63) is 82.9 Å². The summed E-state index contributed by atoms with van der Waals surface area (Å²) in [4.78, 5) is 36.7. The number of aldehydes is 1. The number of nitrogens with zero attached hydrogens (tertiary/aromatic N) is 1. The van der Waals surface area contributed by atoms with Crippen molar-refractivity contribution < 1.29 is 52.3 Å². The van der Waals surface area contributed by atoms with E-state index in [2.05, 4.69) is 24.7 Å². The molecule has 3 aliphatic heterocycles. The number of carbonyl (C=O) groups is 3. The van der Waals surface area contributed by atoms with Crippen LogP contribution in [0.1, 0.15) is 35.2 Å². The summed E-state index contributed by atoms with van der Waals surface area (Å²) in [6.07, 6.45) is 2.91. The van der Waals surface area contributed by atoms with Crippen LogP contribution in [0.5, 0.6) is 0 Å². The van der Waals surface area contributed by atoms with Crippen LogP contribution in [0.3, 0.4) is 0 Å². The zero-order valence-corrected chi connectivity index (χ0v) is 26.3. The van der Waals surface area contributed by atoms with Crippen molar-refractivity contribution in [1.82, 2.24) is 0 Å². The van der Waals surface area contributed by atoms with Gasteiger partial charge in [0.25, 0.3) is 0 Å². The molecule has 3 heterocycles. The van der Waals surface area contributed by atoms with Gasteiger partial charge in [-0.1, -0.05) is 54.1 Å². The van der Waals surface area contributed by atoms with E-state index in [1.54, 1.807) is 12.1 Å². The van der Waals surface area contributed by atoms with Gasteiger partial charge in [-0.15, -0.1) is 0 Å². The average Bonchev–Trinajstić information content (AvgIpc) is 3.72. The van der Waals surface area contributed by atoms with Crippen LogP contribution in [0.25, 0.3) is 11.1 Å². The number of ether oxygens (including phenoxy) is 2. The summed E-state index contributed by atoms with van der Waals surface area (Å²) >= 11 is 6.19. The summed E-state index contributed by atoms with van der Waals surface area (Å²) < 4.78 is 12.7. The number of amides is 2. The number of anilines is 2. The zero-order chi connectivity index (χ0) is 28.7. The van der Waals surface area contributed by atoms with Crippen LogP contribution in [-0.4, -0.2) is 67.3 Å². The number of rotatable bonds is 8. The highest BCUT2D eigenvalue weighted by atomic mass is 127. The maximum Gasteiger partial charge on any atom is 0.411 e. The Morgan fingerprint density at radius 2 is 1.69 bits per heavy atom. The standard InChI is InChI=1S/C32H32ClN3O5.HI/c1-36(2)27-16-22(17-28(36)31-30(27)41-31)40-32(39)35-26-15-19(8-11-23(26)21-6-4-3-5-7-21)10-13-29(38)34-25-12-9-20(18-37)14-24(25)33;/h3-9,11-12,14-15,18,22,27-28,30-31H,10,13,16-17H2,1-2H3,(H-,34,35,37,38,39);1H/t22-,27-,28+,30-,31+;. The van der Waals surface area contributed by atoms with Gasteiger partial charge in [0.05, 0.1) is 30.5 Å². The molecule has 0 unspecified atom stereocenters. The van der Waals surface area contributed by atoms with E-state index in [9.17, 15) is 14.4 Å². The lowest BCUT2D eigenvalue weighted by Gasteiger charge is -2.45. The normalized spacial score (nSPS) is 24.5. The van der Waals surface area contributed by atoms with E-state index in [0.29, 0.717) is 46.8 Å². The van der Waals surface area contributed by atoms with Crippen molar-refractivity contribution in [3.63, 3.8) is 0 Å². The fraction of sp³-hybridized carbons (Fsp3) is 0.344. The predicted molar refractivity (Wildman–Crippen MR) is 157 cm³/mol. The van der Waals surface area contributed by atoms with Crippen LogP contribution in [0.2, 0.25) is 5.02 Å². The van der Waals surface area contributed by atoms with Crippen LogP contribution < -0.4 is 34.6 Å². The Labute approximate surface area is 267 Å². The number of nitrogens with one attached hydrogen (secondary N) is 2. The van der Waals surface area contributed by atoms with E-state index in [0.717, 1.165) is 34.0 Å². The van der Waals surface area contributed by atoms with Gasteiger partial charge in [-0.25, -0.2) is 4.79 Å². The van der Waals surface area contributed by atoms with Gasteiger partial charge >= 0.3 is 6.09 Å². The number of carbonyl (C=O) groups excluding carboxylic acids is 3. The molecule has 0 radical (unpaired) electrons. The number of piperidine rings is 1. The number of likely N-dealkylation sites (N-methyl/N-ethyl adjacent to an activating group) is 1. The molecule has 220 valence electrons. The Kier molecular flexibility index (Phi) is 8.94. The minimum absolute atomic E-state index is 0. The molecule has 6 rings (SSSR count). The number of hydrogen-bond donors (Lipinski definition) is 2. The van der Waals surface area contributed by atoms with Gasteiger partial charge < -0.3 is 43.3 Å². The summed E-state index contributed by atoms with van der Waals surface area (Å²) in [5.41, 5.74) is 4.25. The Balaban J connectivity index is 0.00000353. The molecule has 2 bridgehead atoms. The van der Waals surface area contributed by atoms with Crippen molar-refractivity contribution >= 4 is 41.3 Å². The molecule has 3 aliphatic rings. The lowest BCUT2D eigenvalue weighted by molar-refractivity contribution is -0.938. The Bertz CT molecular complexity index is 1480. The number of aryl methyl sites for hydroxylation is 1. The molecular formula is C32H33ClIN3O5. The Hall–Kier alpha value is -2.99. The number of quaternary nitrogens is 1. The second kappa shape index (κ2) is 12.3. The molecule has 3 aromatic carbocycles. The van der Waals surface area contributed by atoms with Gasteiger partial charge in [0, 0.05) is 30.4 Å². The Morgan fingerprint density at radius 3 is 2.36 bits per heavy atom. The number of benzene rings is 3. The number of epoxide rings is 1. The first-order valence-electron chi connectivity index (χ1n) is 13.9. The molecule has 10 heteroatoms. The van der Waals surface area contributed by atoms with E-state index in [1.807, 2.05) is 48.5 Å². The van der Waals surface area contributed by atoms with Gasteiger partial charge in [0.15, 0.2) is 0 Å². The van der Waals surface area contributed by atoms with Crippen molar-refractivity contribution in [3.8, 4) is 11.1 Å². The molecular weight excluding hydrogens is 669 g/mol. The monoisotopic (exact) mass is 701 g/mol. The largest absolute Gasteiger partial charge is 1.00 e. The third kappa shape index (κ3) is 6.20. The average molecular weight is 702 g/mol. The fourth-order valence-electron chi connectivity index (χ4n) is 6.49. The third-order valence-corrected chi connectivity index (χ3v) is 9.07. The summed E-state index contributed by atoms with van der Waals surface area (Å²) in [6, 6.07) is 21.1. The van der Waals surface area contributed by atoms with Crippen molar-refractivity contribution in [1.29, 1.82) is 0 Å². The lowest BCUT2D eigenvalue weighted by atomic mass is 9.96. The van der Waals surface area contributed by atoms with E-state index >= 15 is 0 Å². The molecule has 42 heavy (non-hydrogen) atoms. The van der Waals surface area contributed by atoms with Crippen molar-refractivity contribution in [2.24, 2.45) is 0 Å². The molecule has 3 aromatic rings. The minimum Gasteiger partial charge on any atom is -1.00 e. The number of halogens is 2. The van der Waals surface area contributed by atoms with Crippen LogP contribution in [0.4, 0.5) is 16.2 Å². The maximum absolute atomic E-state index is 13.1. The quantitative estimate of drug-likeness (QED) is 0.163. The maximum atomic E-state index is 13.1. The van der Waals surface area contributed by atoms with Crippen LogP contribution in [0.15, 0.2) is 66.7 Å². The molecule has 0 spiro atoms. The smallest absolute Gasteiger partial charge is 0.411 e. The van der Waals surface area contributed by atoms with E-state index < -0.39 is 6.09 Å². The summed E-state index contributed by atoms with van der Waals surface area (Å²) in [5, 5.41) is 6.09. The van der Waals surface area contributed by atoms with Gasteiger partial charge in [-0.3, -0.25) is 14.9 Å². The molecule has 0 saturated carbocycles. The molecule has 8 nitrogen and oxygen atoms in total. The van der Waals surface area contributed by atoms with Crippen LogP contribution in [0, 0.1) is 0 Å². The molecule has 3 saturated heterocycles. The third-order valence-electron chi connectivity index (χ3n) is 8.76. The molecule has 0 aliphatic carbocycles. The molecule has 0 aromatic heterocycles. The fourth-order valence-corrected chi connectivity index (χ4v) is 6.72. The highest BCUT2D eigenvalue weighted by molar-refractivity contribution is 6.34. The highest BCUT2D eigenvalue weighted by Crippen LogP contribution is 2.51. The first-order valence-corrected chi connectivity index (χ1v) is 14.3. The minimum atomic E-state index is -0.475. The van der Waals surface area contributed by atoms with Crippen molar-refractivity contribution in [2.75, 3.05) is 24.7 Å². The van der Waals surface area contributed by atoms with Crippen molar-refractivity contribution in [2.45, 2.75) is 56.1 Å². The second-order valence-corrected chi connectivity index (χ2v) is 12.0. The summed E-state index contributed by atoms with van der Waals surface area (Å²) in [7, 11) is 4.49. The zero-order valence-electron chi connectivity index (χ0n) is 23.4. The Morgan fingerprint density at radius 1 is 0.976 bits per heavy atom. The number of hydrogen-bond acceptors (Lipinski definition) is 5. The number of fused-ring (bicyclic) bond motifs is 5. The second-order valence-electron chi connectivity index (χ2n) is 11.6. The molecule has 2 N–H and O–H groups in total. The molecule has 5 atom stereocenters. The van der Waals surface area contributed by atoms with Gasteiger partial charge in [-0.2, -0.15) is 0 Å².